The van der Waals surface area contributed by atoms with Gasteiger partial charge in [-0.25, -0.2) is 4.79 Å². The molecular formula is C18H20F3N3O. The van der Waals surface area contributed by atoms with Gasteiger partial charge in [0.15, 0.2) is 0 Å². The van der Waals surface area contributed by atoms with Gasteiger partial charge in [-0.05, 0) is 16.3 Å². The number of urea groups is 1. The number of halogens is 3. The number of rotatable bonds is 3. The zero-order valence-electron chi connectivity index (χ0n) is 13.7. The van der Waals surface area contributed by atoms with Gasteiger partial charge in [-0.15, -0.1) is 0 Å². The van der Waals surface area contributed by atoms with E-state index in [1.165, 1.54) is 4.90 Å². The normalized spacial score (nSPS) is 16.2. The van der Waals surface area contributed by atoms with Gasteiger partial charge in [0, 0.05) is 32.7 Å². The van der Waals surface area contributed by atoms with Crippen LogP contribution in [0.1, 0.15) is 5.56 Å². The minimum atomic E-state index is -4.20. The lowest BCUT2D eigenvalue weighted by atomic mass is 10.0. The molecule has 134 valence electrons. The fraction of sp³-hybridized carbons (Fsp3) is 0.389. The highest BCUT2D eigenvalue weighted by Gasteiger charge is 2.32. The van der Waals surface area contributed by atoms with Gasteiger partial charge in [0.25, 0.3) is 0 Å². The van der Waals surface area contributed by atoms with Crippen LogP contribution < -0.4 is 5.32 Å². The van der Waals surface area contributed by atoms with E-state index >= 15 is 0 Å². The summed E-state index contributed by atoms with van der Waals surface area (Å²) in [6, 6.07) is 13.6. The van der Waals surface area contributed by atoms with Crippen molar-refractivity contribution in [2.45, 2.75) is 12.7 Å². The zero-order chi connectivity index (χ0) is 17.9. The first-order valence-corrected chi connectivity index (χ1v) is 8.21. The molecule has 2 aromatic carbocycles. The van der Waals surface area contributed by atoms with Gasteiger partial charge in [0.05, 0.1) is 6.54 Å². The number of nitrogens with one attached hydrogen (secondary N) is 1. The molecule has 0 atom stereocenters. The van der Waals surface area contributed by atoms with Gasteiger partial charge >= 0.3 is 12.2 Å². The quantitative estimate of drug-likeness (QED) is 0.922. The minimum absolute atomic E-state index is 0.236. The lowest BCUT2D eigenvalue weighted by molar-refractivity contribution is -0.148. The Hall–Kier alpha value is -2.28. The number of hydrogen-bond donors (Lipinski definition) is 1. The number of alkyl halides is 3. The summed E-state index contributed by atoms with van der Waals surface area (Å²) < 4.78 is 37.2. The number of benzene rings is 2. The summed E-state index contributed by atoms with van der Waals surface area (Å²) in [6.45, 7) is 0.554. The van der Waals surface area contributed by atoms with Crippen LogP contribution in [0, 0.1) is 0 Å². The van der Waals surface area contributed by atoms with Crippen LogP contribution in [-0.2, 0) is 6.54 Å². The van der Waals surface area contributed by atoms with Crippen LogP contribution in [0.25, 0.3) is 10.8 Å². The third kappa shape index (κ3) is 4.63. The predicted molar refractivity (Wildman–Crippen MR) is 90.3 cm³/mol. The zero-order valence-corrected chi connectivity index (χ0v) is 13.7. The van der Waals surface area contributed by atoms with Crippen molar-refractivity contribution < 1.29 is 18.0 Å². The Morgan fingerprint density at radius 1 is 1.00 bits per heavy atom. The number of piperazine rings is 1. The average Bonchev–Trinajstić information content (AvgIpc) is 2.59. The van der Waals surface area contributed by atoms with E-state index in [9.17, 15) is 18.0 Å². The first-order valence-electron chi connectivity index (χ1n) is 8.21. The van der Waals surface area contributed by atoms with E-state index < -0.39 is 12.7 Å². The molecule has 0 aromatic heterocycles. The van der Waals surface area contributed by atoms with E-state index in [1.54, 1.807) is 4.90 Å². The lowest BCUT2D eigenvalue weighted by Gasteiger charge is -2.34. The lowest BCUT2D eigenvalue weighted by Crippen LogP contribution is -2.53. The summed E-state index contributed by atoms with van der Waals surface area (Å²) in [5.74, 6) is 0. The van der Waals surface area contributed by atoms with Crippen LogP contribution in [0.5, 0.6) is 0 Å². The molecule has 1 N–H and O–H groups in total. The van der Waals surface area contributed by atoms with Crippen molar-refractivity contribution in [1.29, 1.82) is 0 Å². The van der Waals surface area contributed by atoms with E-state index in [0.29, 0.717) is 19.6 Å². The van der Waals surface area contributed by atoms with Crippen molar-refractivity contribution >= 4 is 16.8 Å². The second kappa shape index (κ2) is 7.31. The highest BCUT2D eigenvalue weighted by atomic mass is 19.4. The fourth-order valence-corrected chi connectivity index (χ4v) is 3.09. The molecule has 3 rings (SSSR count). The van der Waals surface area contributed by atoms with Crippen LogP contribution in [0.2, 0.25) is 0 Å². The molecule has 1 heterocycles. The van der Waals surface area contributed by atoms with Crippen molar-refractivity contribution in [3.05, 3.63) is 48.0 Å². The summed E-state index contributed by atoms with van der Waals surface area (Å²) in [6.07, 6.45) is -4.20. The molecule has 4 nitrogen and oxygen atoms in total. The van der Waals surface area contributed by atoms with Crippen LogP contribution >= 0.6 is 0 Å². The molecule has 0 aliphatic carbocycles. The Morgan fingerprint density at radius 2 is 1.68 bits per heavy atom. The number of fused-ring (bicyclic) bond motifs is 1. The molecule has 0 unspecified atom stereocenters. The highest BCUT2D eigenvalue weighted by molar-refractivity contribution is 5.86. The Bertz CT molecular complexity index is 734. The predicted octanol–water partition coefficient (Wildman–Crippen LogP) is 3.23. The Kier molecular flexibility index (Phi) is 5.13. The monoisotopic (exact) mass is 351 g/mol. The van der Waals surface area contributed by atoms with Gasteiger partial charge in [0.2, 0.25) is 0 Å². The number of carbonyl (C=O) groups excluding carboxylic acids is 1. The van der Waals surface area contributed by atoms with Gasteiger partial charge in [-0.1, -0.05) is 42.5 Å². The molecule has 1 saturated heterocycles. The molecule has 0 saturated carbocycles. The van der Waals surface area contributed by atoms with Crippen LogP contribution in [0.3, 0.4) is 0 Å². The van der Waals surface area contributed by atoms with E-state index in [4.69, 9.17) is 0 Å². The molecule has 2 aromatic rings. The largest absolute Gasteiger partial charge is 0.401 e. The Morgan fingerprint density at radius 3 is 2.40 bits per heavy atom. The second-order valence-electron chi connectivity index (χ2n) is 6.18. The third-order valence-corrected chi connectivity index (χ3v) is 4.37. The molecule has 2 amide bonds. The number of carbonyl (C=O) groups is 1. The summed E-state index contributed by atoms with van der Waals surface area (Å²) in [4.78, 5) is 15.2. The summed E-state index contributed by atoms with van der Waals surface area (Å²) in [5, 5.41) is 5.06. The summed E-state index contributed by atoms with van der Waals surface area (Å²) >= 11 is 0. The molecule has 1 fully saturated rings. The van der Waals surface area contributed by atoms with Crippen LogP contribution in [0.15, 0.2) is 42.5 Å². The van der Waals surface area contributed by atoms with E-state index in [1.807, 2.05) is 42.5 Å². The Labute approximate surface area is 144 Å². The number of hydrogen-bond acceptors (Lipinski definition) is 2. The number of amides is 2. The van der Waals surface area contributed by atoms with E-state index in [-0.39, 0.29) is 19.1 Å². The fourth-order valence-electron chi connectivity index (χ4n) is 3.09. The van der Waals surface area contributed by atoms with Crippen molar-refractivity contribution in [3.63, 3.8) is 0 Å². The van der Waals surface area contributed by atoms with E-state index in [2.05, 4.69) is 5.32 Å². The molecule has 25 heavy (non-hydrogen) atoms. The molecule has 0 bridgehead atoms. The molecule has 1 aliphatic heterocycles. The van der Waals surface area contributed by atoms with Gasteiger partial charge < -0.3 is 10.2 Å². The minimum Gasteiger partial charge on any atom is -0.334 e. The maximum Gasteiger partial charge on any atom is 0.401 e. The first kappa shape index (κ1) is 17.5. The molecule has 1 aliphatic rings. The molecule has 0 radical (unpaired) electrons. The summed E-state index contributed by atoms with van der Waals surface area (Å²) in [5.41, 5.74) is 1.02. The first-order chi connectivity index (χ1) is 11.9. The highest BCUT2D eigenvalue weighted by Crippen LogP contribution is 2.19. The van der Waals surface area contributed by atoms with Crippen molar-refractivity contribution in [1.82, 2.24) is 15.1 Å². The van der Waals surface area contributed by atoms with Gasteiger partial charge in [-0.2, -0.15) is 13.2 Å². The SMILES string of the molecule is O=C(NCc1cccc2ccccc12)N1CCN(CC(F)(F)F)CC1. The van der Waals surface area contributed by atoms with Gasteiger partial charge in [0.1, 0.15) is 0 Å². The maximum atomic E-state index is 12.4. The van der Waals surface area contributed by atoms with Gasteiger partial charge in [-0.3, -0.25) is 4.90 Å². The second-order valence-corrected chi connectivity index (χ2v) is 6.18. The van der Waals surface area contributed by atoms with Crippen molar-refractivity contribution in [2.24, 2.45) is 0 Å². The van der Waals surface area contributed by atoms with E-state index in [0.717, 1.165) is 16.3 Å². The molecule has 0 spiro atoms. The van der Waals surface area contributed by atoms with Crippen LogP contribution in [0.4, 0.5) is 18.0 Å². The Balaban J connectivity index is 1.53. The van der Waals surface area contributed by atoms with Crippen LogP contribution in [-0.4, -0.2) is 54.7 Å². The average molecular weight is 351 g/mol. The smallest absolute Gasteiger partial charge is 0.334 e. The molecule has 7 heteroatoms. The summed E-state index contributed by atoms with van der Waals surface area (Å²) in [7, 11) is 0. The number of nitrogens with zero attached hydrogens (tertiary/aromatic N) is 2. The maximum absolute atomic E-state index is 12.4. The van der Waals surface area contributed by atoms with Crippen molar-refractivity contribution in [2.75, 3.05) is 32.7 Å². The van der Waals surface area contributed by atoms with Crippen molar-refractivity contribution in [3.8, 4) is 0 Å². The molecular weight excluding hydrogens is 331 g/mol. The topological polar surface area (TPSA) is 35.6 Å². The third-order valence-electron chi connectivity index (χ3n) is 4.37. The standard InChI is InChI=1S/C18H20F3N3O/c19-18(20,21)13-23-8-10-24(11-9-23)17(25)22-12-15-6-3-5-14-4-1-2-7-16(14)15/h1-7H,8-13H2,(H,22,25).